The van der Waals surface area contributed by atoms with Crippen LogP contribution in [-0.4, -0.2) is 34.3 Å². The van der Waals surface area contributed by atoms with E-state index in [2.05, 4.69) is 29.1 Å². The number of rotatable bonds is 6. The number of nitrogens with two attached hydrogens (primary N) is 1. The molecule has 0 amide bonds. The van der Waals surface area contributed by atoms with E-state index in [9.17, 15) is 5.11 Å². The number of hydrogen-bond acceptors (Lipinski definition) is 6. The molecule has 0 saturated heterocycles. The monoisotopic (exact) mass is 254 g/mol. The van der Waals surface area contributed by atoms with Gasteiger partial charge in [-0.1, -0.05) is 13.8 Å². The van der Waals surface area contributed by atoms with E-state index in [1.54, 1.807) is 13.0 Å². The first kappa shape index (κ1) is 14.5. The van der Waals surface area contributed by atoms with Crippen LogP contribution in [0.1, 0.15) is 27.2 Å². The average molecular weight is 254 g/mol. The SMILES string of the molecule is COc1cc(NCC(C)(O)CC(C)C)nc(N)n1. The molecule has 0 spiro atoms. The van der Waals surface area contributed by atoms with Gasteiger partial charge in [-0.05, 0) is 19.3 Å². The van der Waals surface area contributed by atoms with Crippen LogP contribution >= 0.6 is 0 Å². The summed E-state index contributed by atoms with van der Waals surface area (Å²) in [6, 6.07) is 1.64. The number of nitrogens with one attached hydrogen (secondary N) is 1. The summed E-state index contributed by atoms with van der Waals surface area (Å²) in [5.41, 5.74) is 4.76. The van der Waals surface area contributed by atoms with E-state index >= 15 is 0 Å². The van der Waals surface area contributed by atoms with Crippen LogP contribution in [0.4, 0.5) is 11.8 Å². The van der Waals surface area contributed by atoms with Crippen molar-refractivity contribution in [1.82, 2.24) is 9.97 Å². The fourth-order valence-electron chi connectivity index (χ4n) is 1.87. The Bertz CT molecular complexity index is 394. The predicted octanol–water partition coefficient (Wildman–Crippen LogP) is 1.28. The summed E-state index contributed by atoms with van der Waals surface area (Å²) in [5, 5.41) is 13.2. The molecule has 6 heteroatoms. The predicted molar refractivity (Wildman–Crippen MR) is 71.6 cm³/mol. The molecule has 0 saturated carbocycles. The molecule has 0 radical (unpaired) electrons. The van der Waals surface area contributed by atoms with Gasteiger partial charge in [0.05, 0.1) is 12.7 Å². The van der Waals surface area contributed by atoms with Crippen LogP contribution in [-0.2, 0) is 0 Å². The minimum atomic E-state index is -0.791. The van der Waals surface area contributed by atoms with Crippen LogP contribution in [0.5, 0.6) is 5.88 Å². The molecule has 0 aliphatic heterocycles. The maximum atomic E-state index is 10.2. The summed E-state index contributed by atoms with van der Waals surface area (Å²) in [7, 11) is 1.51. The number of methoxy groups -OCH3 is 1. The molecule has 0 aromatic carbocycles. The molecule has 0 aliphatic carbocycles. The highest BCUT2D eigenvalue weighted by Gasteiger charge is 2.21. The van der Waals surface area contributed by atoms with Crippen molar-refractivity contribution in [3.05, 3.63) is 6.07 Å². The van der Waals surface area contributed by atoms with Gasteiger partial charge in [0, 0.05) is 12.6 Å². The molecule has 4 N–H and O–H groups in total. The number of anilines is 2. The van der Waals surface area contributed by atoms with Gasteiger partial charge >= 0.3 is 0 Å². The van der Waals surface area contributed by atoms with Crippen molar-refractivity contribution < 1.29 is 9.84 Å². The number of nitrogen functional groups attached to an aromatic ring is 1. The van der Waals surface area contributed by atoms with Crippen LogP contribution in [0.3, 0.4) is 0 Å². The molecular formula is C12H22N4O2. The molecule has 1 rings (SSSR count). The molecule has 6 nitrogen and oxygen atoms in total. The third-order valence-electron chi connectivity index (χ3n) is 2.43. The van der Waals surface area contributed by atoms with Crippen LogP contribution in [0, 0.1) is 5.92 Å². The van der Waals surface area contributed by atoms with Crippen LogP contribution < -0.4 is 15.8 Å². The first-order chi connectivity index (χ1) is 8.32. The summed E-state index contributed by atoms with van der Waals surface area (Å²) >= 11 is 0. The number of aliphatic hydroxyl groups is 1. The Morgan fingerprint density at radius 3 is 2.72 bits per heavy atom. The number of aromatic nitrogens is 2. The third kappa shape index (κ3) is 4.75. The second kappa shape index (κ2) is 5.86. The van der Waals surface area contributed by atoms with Gasteiger partial charge < -0.3 is 20.9 Å². The van der Waals surface area contributed by atoms with E-state index in [0.29, 0.717) is 30.6 Å². The van der Waals surface area contributed by atoms with Gasteiger partial charge in [0.2, 0.25) is 11.8 Å². The Hall–Kier alpha value is -1.56. The fraction of sp³-hybridized carbons (Fsp3) is 0.667. The molecular weight excluding hydrogens is 232 g/mol. The summed E-state index contributed by atoms with van der Waals surface area (Å²) in [4.78, 5) is 7.92. The fourth-order valence-corrected chi connectivity index (χ4v) is 1.87. The van der Waals surface area contributed by atoms with Crippen molar-refractivity contribution >= 4 is 11.8 Å². The lowest BCUT2D eigenvalue weighted by Crippen LogP contribution is -2.35. The molecule has 1 heterocycles. The van der Waals surface area contributed by atoms with Gasteiger partial charge in [-0.25, -0.2) is 0 Å². The molecule has 1 unspecified atom stereocenters. The minimum Gasteiger partial charge on any atom is -0.481 e. The summed E-state index contributed by atoms with van der Waals surface area (Å²) in [5.74, 6) is 1.50. The van der Waals surface area contributed by atoms with E-state index in [4.69, 9.17) is 10.5 Å². The quantitative estimate of drug-likeness (QED) is 0.708. The highest BCUT2D eigenvalue weighted by atomic mass is 16.5. The topological polar surface area (TPSA) is 93.3 Å². The lowest BCUT2D eigenvalue weighted by Gasteiger charge is -2.25. The van der Waals surface area contributed by atoms with Crippen molar-refractivity contribution in [2.24, 2.45) is 5.92 Å². The zero-order valence-corrected chi connectivity index (χ0v) is 11.4. The lowest BCUT2D eigenvalue weighted by molar-refractivity contribution is 0.0514. The Morgan fingerprint density at radius 2 is 2.17 bits per heavy atom. The number of nitrogens with zero attached hydrogens (tertiary/aromatic N) is 2. The molecule has 0 bridgehead atoms. The Kier molecular flexibility index (Phi) is 4.72. The highest BCUT2D eigenvalue weighted by molar-refractivity contribution is 5.42. The number of ether oxygens (including phenoxy) is 1. The summed E-state index contributed by atoms with van der Waals surface area (Å²) < 4.78 is 5.00. The standard InChI is InChI=1S/C12H22N4O2/c1-8(2)6-12(3,17)7-14-9-5-10(18-4)16-11(13)15-9/h5,8,17H,6-7H2,1-4H3,(H3,13,14,15,16). The minimum absolute atomic E-state index is 0.139. The average Bonchev–Trinajstić information content (AvgIpc) is 2.24. The Morgan fingerprint density at radius 1 is 1.50 bits per heavy atom. The molecule has 0 fully saturated rings. The van der Waals surface area contributed by atoms with Crippen LogP contribution in [0.25, 0.3) is 0 Å². The first-order valence-electron chi connectivity index (χ1n) is 5.97. The van der Waals surface area contributed by atoms with Gasteiger partial charge in [-0.3, -0.25) is 0 Å². The van der Waals surface area contributed by atoms with Gasteiger partial charge in [-0.2, -0.15) is 9.97 Å². The van der Waals surface area contributed by atoms with Crippen LogP contribution in [0.15, 0.2) is 6.07 Å². The van der Waals surface area contributed by atoms with Crippen molar-refractivity contribution in [2.75, 3.05) is 24.7 Å². The maximum absolute atomic E-state index is 10.2. The molecule has 0 aliphatic rings. The van der Waals surface area contributed by atoms with Gasteiger partial charge in [0.15, 0.2) is 0 Å². The molecule has 18 heavy (non-hydrogen) atoms. The maximum Gasteiger partial charge on any atom is 0.225 e. The molecule has 1 atom stereocenters. The van der Waals surface area contributed by atoms with Crippen LogP contribution in [0.2, 0.25) is 0 Å². The highest BCUT2D eigenvalue weighted by Crippen LogP contribution is 2.19. The summed E-state index contributed by atoms with van der Waals surface area (Å²) in [6.45, 7) is 6.33. The van der Waals surface area contributed by atoms with Crippen molar-refractivity contribution in [1.29, 1.82) is 0 Å². The Labute approximate surface area is 108 Å². The third-order valence-corrected chi connectivity index (χ3v) is 2.43. The molecule has 1 aromatic rings. The first-order valence-corrected chi connectivity index (χ1v) is 5.97. The Balaban J connectivity index is 2.65. The van der Waals surface area contributed by atoms with E-state index < -0.39 is 5.60 Å². The van der Waals surface area contributed by atoms with Gasteiger partial charge in [0.25, 0.3) is 0 Å². The normalized spacial score (nSPS) is 14.3. The number of hydrogen-bond donors (Lipinski definition) is 3. The van der Waals surface area contributed by atoms with Gasteiger partial charge in [-0.15, -0.1) is 0 Å². The van der Waals surface area contributed by atoms with E-state index in [1.807, 2.05) is 0 Å². The zero-order valence-electron chi connectivity index (χ0n) is 11.4. The molecule has 102 valence electrons. The second-order valence-electron chi connectivity index (χ2n) is 5.10. The molecule has 1 aromatic heterocycles. The second-order valence-corrected chi connectivity index (χ2v) is 5.10. The van der Waals surface area contributed by atoms with E-state index in [1.165, 1.54) is 7.11 Å². The van der Waals surface area contributed by atoms with Gasteiger partial charge in [0.1, 0.15) is 5.82 Å². The smallest absolute Gasteiger partial charge is 0.225 e. The van der Waals surface area contributed by atoms with E-state index in [0.717, 1.165) is 0 Å². The van der Waals surface area contributed by atoms with Crippen molar-refractivity contribution in [3.8, 4) is 5.88 Å². The zero-order chi connectivity index (χ0) is 13.8. The van der Waals surface area contributed by atoms with E-state index in [-0.39, 0.29) is 5.95 Å². The summed E-state index contributed by atoms with van der Waals surface area (Å²) in [6.07, 6.45) is 0.706. The van der Waals surface area contributed by atoms with Crippen molar-refractivity contribution in [2.45, 2.75) is 32.8 Å². The largest absolute Gasteiger partial charge is 0.481 e. The lowest BCUT2D eigenvalue weighted by atomic mass is 9.94. The van der Waals surface area contributed by atoms with Crippen molar-refractivity contribution in [3.63, 3.8) is 0 Å².